The van der Waals surface area contributed by atoms with E-state index in [4.69, 9.17) is 28.4 Å². The van der Waals surface area contributed by atoms with Gasteiger partial charge < -0.3 is 28.4 Å². The fourth-order valence-electron chi connectivity index (χ4n) is 5.97. The summed E-state index contributed by atoms with van der Waals surface area (Å²) in [6, 6.07) is 7.44. The first kappa shape index (κ1) is 40.0. The van der Waals surface area contributed by atoms with Gasteiger partial charge in [-0.25, -0.2) is 0 Å². The molecule has 0 aliphatic carbocycles. The summed E-state index contributed by atoms with van der Waals surface area (Å²) in [4.78, 5) is 60.5. The highest BCUT2D eigenvalue weighted by molar-refractivity contribution is 5.75. The molecule has 0 aromatic heterocycles. The molecule has 0 saturated heterocycles. The number of fused-ring (bicyclic) bond motifs is 1. The average Bonchev–Trinajstić information content (AvgIpc) is 3.03. The van der Waals surface area contributed by atoms with Gasteiger partial charge in [0.05, 0.1) is 0 Å². The van der Waals surface area contributed by atoms with E-state index in [1.54, 1.807) is 6.07 Å². The van der Waals surface area contributed by atoms with Crippen LogP contribution in [0.5, 0.6) is 28.7 Å². The summed E-state index contributed by atoms with van der Waals surface area (Å²) in [6.45, 7) is 7.15. The van der Waals surface area contributed by atoms with Crippen molar-refractivity contribution in [3.63, 3.8) is 0 Å². The SMILES string of the molecule is CCCCCCCCCCCCCCCC(=O)O[C@H]1Cc2c(OC(C)=O)cc(OC(C)=O)cc2O[C@@H]1c1ccc(OC(C)=O)c(OC(C)=O)c1. The first-order valence-corrected chi connectivity index (χ1v) is 17.9. The number of hydrogen-bond acceptors (Lipinski definition) is 11. The highest BCUT2D eigenvalue weighted by Crippen LogP contribution is 2.45. The zero-order chi connectivity index (χ0) is 36.5. The van der Waals surface area contributed by atoms with Gasteiger partial charge in [-0.05, 0) is 18.6 Å². The van der Waals surface area contributed by atoms with E-state index in [2.05, 4.69) is 6.92 Å². The molecule has 0 saturated carbocycles. The number of unbranched alkanes of at least 4 members (excludes halogenated alkanes) is 12. The van der Waals surface area contributed by atoms with Crippen molar-refractivity contribution in [2.45, 2.75) is 143 Å². The number of carbonyl (C=O) groups is 5. The van der Waals surface area contributed by atoms with Crippen LogP contribution in [0.15, 0.2) is 30.3 Å². The molecule has 0 bridgehead atoms. The van der Waals surface area contributed by atoms with Crippen LogP contribution in [-0.4, -0.2) is 36.0 Å². The van der Waals surface area contributed by atoms with Gasteiger partial charge in [-0.3, -0.25) is 24.0 Å². The molecule has 0 unspecified atom stereocenters. The van der Waals surface area contributed by atoms with Gasteiger partial charge in [0.2, 0.25) is 0 Å². The number of benzene rings is 2. The van der Waals surface area contributed by atoms with Crippen LogP contribution in [-0.2, 0) is 35.1 Å². The Balaban J connectivity index is 1.73. The van der Waals surface area contributed by atoms with Crippen molar-refractivity contribution in [1.29, 1.82) is 0 Å². The van der Waals surface area contributed by atoms with Crippen molar-refractivity contribution in [2.24, 2.45) is 0 Å². The van der Waals surface area contributed by atoms with Crippen LogP contribution in [0.1, 0.15) is 142 Å². The lowest BCUT2D eigenvalue weighted by molar-refractivity contribution is -0.155. The molecular weight excluding hydrogens is 644 g/mol. The maximum Gasteiger partial charge on any atom is 0.308 e. The minimum atomic E-state index is -0.920. The second-order valence-corrected chi connectivity index (χ2v) is 12.7. The van der Waals surface area contributed by atoms with E-state index in [9.17, 15) is 24.0 Å². The van der Waals surface area contributed by atoms with Crippen LogP contribution in [0.2, 0.25) is 0 Å². The molecule has 50 heavy (non-hydrogen) atoms. The summed E-state index contributed by atoms with van der Waals surface area (Å²) in [7, 11) is 0. The van der Waals surface area contributed by atoms with Gasteiger partial charge in [0, 0.05) is 63.8 Å². The molecule has 2 atom stereocenters. The van der Waals surface area contributed by atoms with E-state index in [1.165, 1.54) is 110 Å². The Morgan fingerprint density at radius 1 is 0.620 bits per heavy atom. The number of ether oxygens (including phenoxy) is 6. The molecule has 2 aromatic carbocycles. The number of hydrogen-bond donors (Lipinski definition) is 0. The highest BCUT2D eigenvalue weighted by atomic mass is 16.6. The summed E-state index contributed by atoms with van der Waals surface area (Å²) < 4.78 is 33.6. The maximum absolute atomic E-state index is 13.2. The third-order valence-corrected chi connectivity index (χ3v) is 8.22. The molecule has 274 valence electrons. The lowest BCUT2D eigenvalue weighted by Crippen LogP contribution is -2.35. The van der Waals surface area contributed by atoms with Crippen LogP contribution in [0.3, 0.4) is 0 Å². The molecule has 0 N–H and O–H groups in total. The maximum atomic E-state index is 13.2. The Morgan fingerprint density at radius 3 is 1.70 bits per heavy atom. The molecule has 11 heteroatoms. The normalized spacial score (nSPS) is 14.9. The minimum Gasteiger partial charge on any atom is -0.481 e. The lowest BCUT2D eigenvalue weighted by atomic mass is 9.93. The standard InChI is InChI=1S/C39H52O11/c1-6-7-8-9-10-11-12-13-14-15-16-17-18-19-38(44)49-37-25-32-34(47-28(4)42)23-31(45-26(2)40)24-35(32)50-39(37)30-20-21-33(46-27(3)41)36(22-30)48-29(5)43/h20-24,37,39H,6-19,25H2,1-5H3/t37-,39+/m0/s1. The fraction of sp³-hybridized carbons (Fsp3) is 0.564. The number of carbonyl (C=O) groups excluding carboxylic acids is 5. The molecule has 1 aliphatic rings. The van der Waals surface area contributed by atoms with Crippen LogP contribution >= 0.6 is 0 Å². The molecule has 0 spiro atoms. The number of rotatable bonds is 20. The Kier molecular flexibility index (Phi) is 16.8. The smallest absolute Gasteiger partial charge is 0.308 e. The zero-order valence-electron chi connectivity index (χ0n) is 30.1. The second-order valence-electron chi connectivity index (χ2n) is 12.7. The van der Waals surface area contributed by atoms with E-state index in [-0.39, 0.29) is 41.6 Å². The summed E-state index contributed by atoms with van der Waals surface area (Å²) in [6.07, 6.45) is 14.0. The van der Waals surface area contributed by atoms with Gasteiger partial charge in [-0.15, -0.1) is 0 Å². The molecular formula is C39H52O11. The molecule has 0 amide bonds. The molecule has 0 radical (unpaired) electrons. The van der Waals surface area contributed by atoms with E-state index >= 15 is 0 Å². The predicted octanol–water partition coefficient (Wildman–Crippen LogP) is 8.46. The van der Waals surface area contributed by atoms with Gasteiger partial charge in [0.1, 0.15) is 23.4 Å². The van der Waals surface area contributed by atoms with Crippen LogP contribution in [0, 0.1) is 0 Å². The quantitative estimate of drug-likeness (QED) is 0.0748. The van der Waals surface area contributed by atoms with Crippen molar-refractivity contribution < 1.29 is 52.4 Å². The van der Waals surface area contributed by atoms with Gasteiger partial charge in [0.25, 0.3) is 0 Å². The predicted molar refractivity (Wildman–Crippen MR) is 185 cm³/mol. The van der Waals surface area contributed by atoms with Crippen molar-refractivity contribution in [2.75, 3.05) is 0 Å². The molecule has 1 aliphatic heterocycles. The van der Waals surface area contributed by atoms with Gasteiger partial charge in [-0.2, -0.15) is 0 Å². The van der Waals surface area contributed by atoms with Crippen molar-refractivity contribution in [3.05, 3.63) is 41.5 Å². The molecule has 0 fully saturated rings. The summed E-state index contributed by atoms with van der Waals surface area (Å²) in [5.74, 6) is -2.39. The van der Waals surface area contributed by atoms with E-state index in [0.29, 0.717) is 17.5 Å². The average molecular weight is 697 g/mol. The molecule has 2 aromatic rings. The van der Waals surface area contributed by atoms with Gasteiger partial charge in [-0.1, -0.05) is 90.0 Å². The summed E-state index contributed by atoms with van der Waals surface area (Å²) in [5.41, 5.74) is 0.899. The third-order valence-electron chi connectivity index (χ3n) is 8.22. The largest absolute Gasteiger partial charge is 0.481 e. The first-order chi connectivity index (χ1) is 24.0. The Hall–Kier alpha value is -4.41. The van der Waals surface area contributed by atoms with E-state index in [1.807, 2.05) is 0 Å². The Morgan fingerprint density at radius 2 is 1.14 bits per heavy atom. The summed E-state index contributed by atoms with van der Waals surface area (Å²) >= 11 is 0. The third kappa shape index (κ3) is 13.8. The Labute approximate surface area is 295 Å². The monoisotopic (exact) mass is 696 g/mol. The van der Waals surface area contributed by atoms with Crippen molar-refractivity contribution in [3.8, 4) is 28.7 Å². The Bertz CT molecular complexity index is 1460. The topological polar surface area (TPSA) is 141 Å². The minimum absolute atomic E-state index is 0.0223. The lowest BCUT2D eigenvalue weighted by Gasteiger charge is -2.34. The second kappa shape index (κ2) is 21.0. The van der Waals surface area contributed by atoms with Crippen LogP contribution in [0.25, 0.3) is 0 Å². The first-order valence-electron chi connectivity index (χ1n) is 17.9. The van der Waals surface area contributed by atoms with Crippen LogP contribution in [0.4, 0.5) is 0 Å². The van der Waals surface area contributed by atoms with Gasteiger partial charge in [0.15, 0.2) is 17.6 Å². The van der Waals surface area contributed by atoms with Crippen molar-refractivity contribution >= 4 is 29.8 Å². The highest BCUT2D eigenvalue weighted by Gasteiger charge is 2.37. The molecule has 11 nitrogen and oxygen atoms in total. The number of esters is 5. The molecule has 1 heterocycles. The van der Waals surface area contributed by atoms with E-state index in [0.717, 1.165) is 19.3 Å². The van der Waals surface area contributed by atoms with Gasteiger partial charge >= 0.3 is 29.8 Å². The van der Waals surface area contributed by atoms with Crippen LogP contribution < -0.4 is 23.7 Å². The zero-order valence-corrected chi connectivity index (χ0v) is 30.1. The fourth-order valence-corrected chi connectivity index (χ4v) is 5.97. The molecule has 3 rings (SSSR count). The van der Waals surface area contributed by atoms with Crippen molar-refractivity contribution in [1.82, 2.24) is 0 Å². The van der Waals surface area contributed by atoms with E-state index < -0.39 is 42.1 Å². The summed E-state index contributed by atoms with van der Waals surface area (Å²) in [5, 5.41) is 0.